The zero-order chi connectivity index (χ0) is 14.0. The number of carbonyl (C=O) groups excluding carboxylic acids is 1. The smallest absolute Gasteiger partial charge is 0.150 e. The Hall–Kier alpha value is -1.61. The third-order valence-corrected chi connectivity index (χ3v) is 4.26. The lowest BCUT2D eigenvalue weighted by molar-refractivity contribution is 0.112. The number of aryl methyl sites for hydroxylation is 3. The van der Waals surface area contributed by atoms with E-state index >= 15 is 0 Å². The minimum absolute atomic E-state index is 0.690. The summed E-state index contributed by atoms with van der Waals surface area (Å²) in [5.41, 5.74) is 3.88. The van der Waals surface area contributed by atoms with Crippen molar-refractivity contribution in [2.24, 2.45) is 0 Å². The number of rotatable bonds is 3. The fourth-order valence-electron chi connectivity index (χ4n) is 1.95. The van der Waals surface area contributed by atoms with Crippen LogP contribution in [0.5, 0.6) is 11.5 Å². The Labute approximate surface area is 121 Å². The van der Waals surface area contributed by atoms with Crippen molar-refractivity contribution < 1.29 is 9.53 Å². The van der Waals surface area contributed by atoms with Crippen LogP contribution in [0, 0.1) is 20.8 Å². The van der Waals surface area contributed by atoms with Gasteiger partial charge in [-0.3, -0.25) is 4.79 Å². The van der Waals surface area contributed by atoms with Crippen LogP contribution in [0.4, 0.5) is 0 Å². The van der Waals surface area contributed by atoms with Crippen molar-refractivity contribution in [2.45, 2.75) is 20.8 Å². The van der Waals surface area contributed by atoms with Crippen LogP contribution in [0.15, 0.2) is 34.8 Å². The molecule has 2 rings (SSSR count). The topological polar surface area (TPSA) is 26.3 Å². The molecule has 0 spiro atoms. The second-order valence-electron chi connectivity index (χ2n) is 4.61. The van der Waals surface area contributed by atoms with Gasteiger partial charge in [-0.05, 0) is 67.8 Å². The van der Waals surface area contributed by atoms with Crippen LogP contribution in [-0.2, 0) is 0 Å². The molecule has 0 saturated heterocycles. The molecule has 2 aromatic carbocycles. The van der Waals surface area contributed by atoms with Gasteiger partial charge >= 0.3 is 0 Å². The van der Waals surface area contributed by atoms with Gasteiger partial charge in [-0.25, -0.2) is 0 Å². The second kappa shape index (κ2) is 5.57. The highest BCUT2D eigenvalue weighted by atomic mass is 79.9. The van der Waals surface area contributed by atoms with E-state index in [-0.39, 0.29) is 0 Å². The summed E-state index contributed by atoms with van der Waals surface area (Å²) in [7, 11) is 0. The van der Waals surface area contributed by atoms with Crippen LogP contribution < -0.4 is 4.74 Å². The molecular formula is C16H15BrO2. The van der Waals surface area contributed by atoms with Crippen molar-refractivity contribution >= 4 is 22.2 Å². The van der Waals surface area contributed by atoms with Crippen LogP contribution in [-0.4, -0.2) is 6.29 Å². The number of hydrogen-bond acceptors (Lipinski definition) is 2. The van der Waals surface area contributed by atoms with Gasteiger partial charge in [-0.1, -0.05) is 15.9 Å². The highest BCUT2D eigenvalue weighted by molar-refractivity contribution is 9.10. The third-order valence-electron chi connectivity index (χ3n) is 3.01. The zero-order valence-electron chi connectivity index (χ0n) is 11.2. The summed E-state index contributed by atoms with van der Waals surface area (Å²) in [6, 6.07) is 9.43. The molecule has 0 bridgehead atoms. The zero-order valence-corrected chi connectivity index (χ0v) is 12.7. The molecule has 0 aliphatic rings. The average molecular weight is 319 g/mol. The highest BCUT2D eigenvalue weighted by Crippen LogP contribution is 2.30. The Morgan fingerprint density at radius 1 is 0.947 bits per heavy atom. The fourth-order valence-corrected chi connectivity index (χ4v) is 2.17. The molecule has 0 radical (unpaired) electrons. The molecule has 3 heteroatoms. The van der Waals surface area contributed by atoms with Gasteiger partial charge in [0.1, 0.15) is 17.8 Å². The lowest BCUT2D eigenvalue weighted by Crippen LogP contribution is -1.91. The van der Waals surface area contributed by atoms with E-state index in [1.165, 1.54) is 0 Å². The van der Waals surface area contributed by atoms with Gasteiger partial charge in [0.2, 0.25) is 0 Å². The summed E-state index contributed by atoms with van der Waals surface area (Å²) in [4.78, 5) is 10.8. The molecule has 0 saturated carbocycles. The van der Waals surface area contributed by atoms with Gasteiger partial charge in [0.15, 0.2) is 0 Å². The Balaban J connectivity index is 2.31. The van der Waals surface area contributed by atoms with E-state index in [1.54, 1.807) is 6.07 Å². The first-order chi connectivity index (χ1) is 9.01. The van der Waals surface area contributed by atoms with Crippen molar-refractivity contribution in [1.29, 1.82) is 0 Å². The molecule has 19 heavy (non-hydrogen) atoms. The average Bonchev–Trinajstić information content (AvgIpc) is 2.36. The van der Waals surface area contributed by atoms with E-state index in [1.807, 2.05) is 45.0 Å². The van der Waals surface area contributed by atoms with Gasteiger partial charge in [-0.2, -0.15) is 0 Å². The summed E-state index contributed by atoms with van der Waals surface area (Å²) in [5, 5.41) is 0. The predicted molar refractivity (Wildman–Crippen MR) is 80.3 cm³/mol. The number of aldehydes is 1. The molecule has 0 amide bonds. The number of carbonyl (C=O) groups is 1. The molecule has 0 heterocycles. The Morgan fingerprint density at radius 2 is 1.53 bits per heavy atom. The SMILES string of the molecule is Cc1cc(Oc2cc(C)c(Br)c(C)c2)ccc1C=O. The van der Waals surface area contributed by atoms with Crippen LogP contribution in [0.1, 0.15) is 27.0 Å². The Bertz CT molecular complexity index is 610. The molecule has 0 unspecified atom stereocenters. The third kappa shape index (κ3) is 3.04. The molecule has 98 valence electrons. The lowest BCUT2D eigenvalue weighted by atomic mass is 10.1. The lowest BCUT2D eigenvalue weighted by Gasteiger charge is -2.10. The van der Waals surface area contributed by atoms with Gasteiger partial charge in [-0.15, -0.1) is 0 Å². The minimum atomic E-state index is 0.690. The molecule has 0 aromatic heterocycles. The van der Waals surface area contributed by atoms with Crippen molar-refractivity contribution in [2.75, 3.05) is 0 Å². The van der Waals surface area contributed by atoms with E-state index in [9.17, 15) is 4.79 Å². The molecular weight excluding hydrogens is 304 g/mol. The minimum Gasteiger partial charge on any atom is -0.457 e. The first-order valence-electron chi connectivity index (χ1n) is 6.01. The van der Waals surface area contributed by atoms with E-state index < -0.39 is 0 Å². The van der Waals surface area contributed by atoms with Crippen LogP contribution >= 0.6 is 15.9 Å². The molecule has 0 aliphatic heterocycles. The Morgan fingerprint density at radius 3 is 2.05 bits per heavy atom. The normalized spacial score (nSPS) is 10.3. The molecule has 2 aromatic rings. The van der Waals surface area contributed by atoms with Gasteiger partial charge in [0.05, 0.1) is 0 Å². The maximum atomic E-state index is 10.8. The van der Waals surface area contributed by atoms with Crippen molar-refractivity contribution in [3.05, 3.63) is 57.1 Å². The van der Waals surface area contributed by atoms with Crippen molar-refractivity contribution in [3.63, 3.8) is 0 Å². The monoisotopic (exact) mass is 318 g/mol. The first-order valence-corrected chi connectivity index (χ1v) is 6.81. The van der Waals surface area contributed by atoms with Gasteiger partial charge in [0, 0.05) is 10.0 Å². The predicted octanol–water partition coefficient (Wildman–Crippen LogP) is 4.98. The summed E-state index contributed by atoms with van der Waals surface area (Å²) in [5.74, 6) is 1.54. The number of hydrogen-bond donors (Lipinski definition) is 0. The van der Waals surface area contributed by atoms with E-state index in [0.717, 1.165) is 38.9 Å². The molecule has 0 N–H and O–H groups in total. The Kier molecular flexibility index (Phi) is 4.05. The maximum Gasteiger partial charge on any atom is 0.150 e. The fraction of sp³-hybridized carbons (Fsp3) is 0.188. The molecule has 0 fully saturated rings. The standard InChI is InChI=1S/C16H15BrO2/c1-10-6-14(5-4-13(10)9-18)19-15-7-11(2)16(17)12(3)8-15/h4-9H,1-3H3. The van der Waals surface area contributed by atoms with E-state index in [0.29, 0.717) is 5.56 Å². The summed E-state index contributed by atoms with van der Waals surface area (Å²) in [6.07, 6.45) is 0.854. The molecule has 0 atom stereocenters. The quantitative estimate of drug-likeness (QED) is 0.746. The van der Waals surface area contributed by atoms with Crippen LogP contribution in [0.2, 0.25) is 0 Å². The largest absolute Gasteiger partial charge is 0.457 e. The maximum absolute atomic E-state index is 10.8. The summed E-state index contributed by atoms with van der Waals surface area (Å²) < 4.78 is 6.94. The van der Waals surface area contributed by atoms with Crippen molar-refractivity contribution in [1.82, 2.24) is 0 Å². The van der Waals surface area contributed by atoms with Crippen molar-refractivity contribution in [3.8, 4) is 11.5 Å². The highest BCUT2D eigenvalue weighted by Gasteiger charge is 2.05. The van der Waals surface area contributed by atoms with Crippen LogP contribution in [0.3, 0.4) is 0 Å². The first kappa shape index (κ1) is 13.8. The summed E-state index contributed by atoms with van der Waals surface area (Å²) >= 11 is 3.53. The molecule has 0 aliphatic carbocycles. The number of ether oxygens (including phenoxy) is 1. The molecule has 2 nitrogen and oxygen atoms in total. The van der Waals surface area contributed by atoms with Gasteiger partial charge < -0.3 is 4.74 Å². The van der Waals surface area contributed by atoms with E-state index in [2.05, 4.69) is 15.9 Å². The second-order valence-corrected chi connectivity index (χ2v) is 5.40. The number of benzene rings is 2. The van der Waals surface area contributed by atoms with Crippen LogP contribution in [0.25, 0.3) is 0 Å². The van der Waals surface area contributed by atoms with Gasteiger partial charge in [0.25, 0.3) is 0 Å². The number of halogens is 1. The van der Waals surface area contributed by atoms with E-state index in [4.69, 9.17) is 4.74 Å². The summed E-state index contributed by atoms with van der Waals surface area (Å²) in [6.45, 7) is 5.96.